The van der Waals surface area contributed by atoms with Crippen LogP contribution in [-0.4, -0.2) is 53.0 Å². The van der Waals surface area contributed by atoms with Crippen LogP contribution in [0, 0.1) is 5.92 Å². The number of hydrogen-bond acceptors (Lipinski definition) is 7. The molecule has 4 rings (SSSR count). The number of piperidine rings is 1. The minimum atomic E-state index is -0.421. The highest BCUT2D eigenvalue weighted by atomic mass is 32.1. The molecular formula is C24H25N5O4S. The van der Waals surface area contributed by atoms with Gasteiger partial charge in [-0.05, 0) is 31.0 Å². The Labute approximate surface area is 201 Å². The highest BCUT2D eigenvalue weighted by molar-refractivity contribution is 7.15. The fourth-order valence-electron chi connectivity index (χ4n) is 3.79. The van der Waals surface area contributed by atoms with E-state index < -0.39 is 5.91 Å². The molecule has 3 amide bonds. The lowest BCUT2D eigenvalue weighted by Gasteiger charge is -2.31. The third-order valence-electron chi connectivity index (χ3n) is 5.56. The Morgan fingerprint density at radius 1 is 1.06 bits per heavy atom. The number of likely N-dealkylation sites (tertiary alicyclic amines) is 1. The number of para-hydroxylation sites is 2. The molecule has 0 saturated carbocycles. The first kappa shape index (κ1) is 23.4. The Morgan fingerprint density at radius 3 is 2.59 bits per heavy atom. The van der Waals surface area contributed by atoms with Crippen LogP contribution in [0.15, 0.2) is 54.6 Å². The molecule has 1 fully saturated rings. The molecule has 34 heavy (non-hydrogen) atoms. The van der Waals surface area contributed by atoms with E-state index in [1.165, 1.54) is 0 Å². The average Bonchev–Trinajstić information content (AvgIpc) is 3.38. The minimum Gasteiger partial charge on any atom is -0.496 e. The first-order chi connectivity index (χ1) is 16.5. The van der Waals surface area contributed by atoms with Crippen LogP contribution in [0.2, 0.25) is 0 Å². The quantitative estimate of drug-likeness (QED) is 0.539. The minimum absolute atomic E-state index is 0.107. The van der Waals surface area contributed by atoms with Crippen molar-refractivity contribution in [3.05, 3.63) is 70.2 Å². The van der Waals surface area contributed by atoms with Gasteiger partial charge in [0.1, 0.15) is 5.75 Å². The molecular weight excluding hydrogens is 454 g/mol. The maximum atomic E-state index is 13.0. The van der Waals surface area contributed by atoms with E-state index in [0.29, 0.717) is 43.9 Å². The summed E-state index contributed by atoms with van der Waals surface area (Å²) in [4.78, 5) is 39.8. The SMILES string of the molecule is COc1ccccc1CNC(=O)[C@@H]1CCCN(C(=O)c2nnc(C(=O)Nc3ccccc3)s2)C1. The van der Waals surface area contributed by atoms with Crippen molar-refractivity contribution in [1.29, 1.82) is 0 Å². The second kappa shape index (κ2) is 10.9. The molecule has 0 unspecified atom stereocenters. The van der Waals surface area contributed by atoms with Gasteiger partial charge >= 0.3 is 0 Å². The Kier molecular flexibility index (Phi) is 7.48. The summed E-state index contributed by atoms with van der Waals surface area (Å²) < 4.78 is 5.33. The summed E-state index contributed by atoms with van der Waals surface area (Å²) in [5.74, 6) is -0.454. The number of ether oxygens (including phenoxy) is 1. The molecule has 0 radical (unpaired) electrons. The van der Waals surface area contributed by atoms with Gasteiger partial charge < -0.3 is 20.3 Å². The topological polar surface area (TPSA) is 114 Å². The highest BCUT2D eigenvalue weighted by Gasteiger charge is 2.31. The molecule has 1 atom stereocenters. The molecule has 1 aliphatic rings. The summed E-state index contributed by atoms with van der Waals surface area (Å²) in [6.07, 6.45) is 1.40. The summed E-state index contributed by atoms with van der Waals surface area (Å²) in [6.45, 7) is 1.17. The zero-order chi connectivity index (χ0) is 23.9. The van der Waals surface area contributed by atoms with Gasteiger partial charge in [-0.25, -0.2) is 0 Å². The number of nitrogens with zero attached hydrogens (tertiary/aromatic N) is 3. The van der Waals surface area contributed by atoms with Crippen molar-refractivity contribution in [3.63, 3.8) is 0 Å². The van der Waals surface area contributed by atoms with Gasteiger partial charge in [0.25, 0.3) is 11.8 Å². The zero-order valence-electron chi connectivity index (χ0n) is 18.7. The van der Waals surface area contributed by atoms with Crippen LogP contribution >= 0.6 is 11.3 Å². The number of aromatic nitrogens is 2. The number of benzene rings is 2. The normalized spacial score (nSPS) is 15.4. The van der Waals surface area contributed by atoms with Gasteiger partial charge in [0.05, 0.1) is 13.0 Å². The summed E-state index contributed by atoms with van der Waals surface area (Å²) in [5, 5.41) is 13.7. The van der Waals surface area contributed by atoms with Crippen molar-refractivity contribution in [1.82, 2.24) is 20.4 Å². The van der Waals surface area contributed by atoms with E-state index in [2.05, 4.69) is 20.8 Å². The number of hydrogen-bond donors (Lipinski definition) is 2. The lowest BCUT2D eigenvalue weighted by Crippen LogP contribution is -2.45. The molecule has 3 aromatic rings. The van der Waals surface area contributed by atoms with Gasteiger partial charge in [-0.3, -0.25) is 14.4 Å². The van der Waals surface area contributed by atoms with Gasteiger partial charge in [0, 0.05) is 30.9 Å². The van der Waals surface area contributed by atoms with E-state index in [9.17, 15) is 14.4 Å². The van der Waals surface area contributed by atoms with Crippen LogP contribution in [0.4, 0.5) is 5.69 Å². The van der Waals surface area contributed by atoms with Crippen molar-refractivity contribution in [2.45, 2.75) is 19.4 Å². The fourth-order valence-corrected chi connectivity index (χ4v) is 4.50. The molecule has 0 bridgehead atoms. The van der Waals surface area contributed by atoms with Crippen molar-refractivity contribution >= 4 is 34.7 Å². The van der Waals surface area contributed by atoms with E-state index >= 15 is 0 Å². The Hall–Kier alpha value is -3.79. The molecule has 2 aromatic carbocycles. The van der Waals surface area contributed by atoms with Gasteiger partial charge in [-0.2, -0.15) is 0 Å². The second-order valence-corrected chi connectivity index (χ2v) is 8.83. The van der Waals surface area contributed by atoms with Crippen molar-refractivity contribution in [2.24, 2.45) is 5.92 Å². The van der Waals surface area contributed by atoms with Crippen LogP contribution in [0.3, 0.4) is 0 Å². The van der Waals surface area contributed by atoms with Crippen LogP contribution in [0.1, 0.15) is 38.0 Å². The number of carbonyl (C=O) groups excluding carboxylic acids is 3. The number of nitrogens with one attached hydrogen (secondary N) is 2. The zero-order valence-corrected chi connectivity index (χ0v) is 19.5. The van der Waals surface area contributed by atoms with Crippen LogP contribution < -0.4 is 15.4 Å². The summed E-state index contributed by atoms with van der Waals surface area (Å²) in [5.41, 5.74) is 1.52. The lowest BCUT2D eigenvalue weighted by atomic mass is 9.97. The van der Waals surface area contributed by atoms with Crippen molar-refractivity contribution in [3.8, 4) is 5.75 Å². The van der Waals surface area contributed by atoms with Gasteiger partial charge in [0.2, 0.25) is 15.9 Å². The molecule has 1 aromatic heterocycles. The van der Waals surface area contributed by atoms with Crippen molar-refractivity contribution < 1.29 is 19.1 Å². The predicted molar refractivity (Wildman–Crippen MR) is 128 cm³/mol. The Balaban J connectivity index is 1.34. The van der Waals surface area contributed by atoms with E-state index in [1.807, 2.05) is 42.5 Å². The maximum absolute atomic E-state index is 13.0. The van der Waals surface area contributed by atoms with E-state index in [0.717, 1.165) is 16.9 Å². The summed E-state index contributed by atoms with van der Waals surface area (Å²) in [7, 11) is 1.59. The average molecular weight is 480 g/mol. The molecule has 2 N–H and O–H groups in total. The molecule has 0 aliphatic carbocycles. The molecule has 0 spiro atoms. The molecule has 176 valence electrons. The summed E-state index contributed by atoms with van der Waals surface area (Å²) >= 11 is 0.943. The van der Waals surface area contributed by atoms with Crippen molar-refractivity contribution in [2.75, 3.05) is 25.5 Å². The number of amides is 3. The van der Waals surface area contributed by atoms with E-state index in [4.69, 9.17) is 4.74 Å². The van der Waals surface area contributed by atoms with E-state index in [1.54, 1.807) is 24.1 Å². The predicted octanol–water partition coefficient (Wildman–Crippen LogP) is 2.97. The number of methoxy groups -OCH3 is 1. The number of rotatable bonds is 7. The second-order valence-electron chi connectivity index (χ2n) is 7.85. The Bertz CT molecular complexity index is 1170. The fraction of sp³-hybridized carbons (Fsp3) is 0.292. The highest BCUT2D eigenvalue weighted by Crippen LogP contribution is 2.22. The van der Waals surface area contributed by atoms with Gasteiger partial charge in [-0.15, -0.1) is 10.2 Å². The third kappa shape index (κ3) is 5.57. The smallest absolute Gasteiger partial charge is 0.286 e. The molecule has 1 aliphatic heterocycles. The first-order valence-electron chi connectivity index (χ1n) is 10.9. The van der Waals surface area contributed by atoms with Gasteiger partial charge in [-0.1, -0.05) is 47.7 Å². The molecule has 2 heterocycles. The summed E-state index contributed by atoms with van der Waals surface area (Å²) in [6, 6.07) is 16.5. The number of carbonyl (C=O) groups is 3. The largest absolute Gasteiger partial charge is 0.496 e. The molecule has 9 nitrogen and oxygen atoms in total. The van der Waals surface area contributed by atoms with Gasteiger partial charge in [0.15, 0.2) is 0 Å². The number of anilines is 1. The van der Waals surface area contributed by atoms with E-state index in [-0.39, 0.29) is 27.7 Å². The molecule has 10 heteroatoms. The third-order valence-corrected chi connectivity index (χ3v) is 6.47. The first-order valence-corrected chi connectivity index (χ1v) is 11.8. The van der Waals surface area contributed by atoms with Crippen LogP contribution in [-0.2, 0) is 11.3 Å². The van der Waals surface area contributed by atoms with Crippen LogP contribution in [0.25, 0.3) is 0 Å². The van der Waals surface area contributed by atoms with Crippen LogP contribution in [0.5, 0.6) is 5.75 Å². The monoisotopic (exact) mass is 479 g/mol. The molecule has 1 saturated heterocycles. The lowest BCUT2D eigenvalue weighted by molar-refractivity contribution is -0.126. The Morgan fingerprint density at radius 2 is 1.79 bits per heavy atom. The standard InChI is InChI=1S/C24H25N5O4S/c1-33-19-12-6-5-8-16(19)14-25-20(30)17-9-7-13-29(15-17)24(32)23-28-27-22(34-23)21(31)26-18-10-3-2-4-11-18/h2-6,8,10-12,17H,7,9,13-15H2,1H3,(H,25,30)(H,26,31)/t17-/m1/s1. The maximum Gasteiger partial charge on any atom is 0.286 e.